The quantitative estimate of drug-likeness (QED) is 0.0418. The number of fused-ring (bicyclic) bond motifs is 2. The zero-order valence-corrected chi connectivity index (χ0v) is 81.1. The van der Waals surface area contributed by atoms with Crippen molar-refractivity contribution in [1.29, 1.82) is 26.3 Å². The number of methoxy groups -OCH3 is 3. The Labute approximate surface area is 842 Å². The monoisotopic (exact) mass is 2000 g/mol. The van der Waals surface area contributed by atoms with Gasteiger partial charge in [0.25, 0.3) is 0 Å². The third-order valence-corrected chi connectivity index (χ3v) is 27.8. The molecule has 0 radical (unpaired) electrons. The molecule has 10 aromatic carbocycles. The van der Waals surface area contributed by atoms with Crippen molar-refractivity contribution in [1.82, 2.24) is 75.5 Å². The van der Waals surface area contributed by atoms with Crippen LogP contribution in [0, 0.1) is 158 Å². The highest BCUT2D eigenvalue weighted by Gasteiger charge is 2.42. The third kappa shape index (κ3) is 23.2. The highest BCUT2D eigenvalue weighted by atomic mass is 19.2. The molecule has 5 N–H and O–H groups in total. The van der Waals surface area contributed by atoms with Gasteiger partial charge in [0.05, 0.1) is 78.7 Å². The van der Waals surface area contributed by atoms with E-state index in [0.717, 1.165) is 146 Å². The van der Waals surface area contributed by atoms with E-state index >= 15 is 4.39 Å². The summed E-state index contributed by atoms with van der Waals surface area (Å²) in [7, 11) is 4.19. The molecule has 10 heterocycles. The van der Waals surface area contributed by atoms with Crippen LogP contribution in [0.15, 0.2) is 207 Å². The molecule has 147 heavy (non-hydrogen) atoms. The molecule has 2 bridgehead atoms. The van der Waals surface area contributed by atoms with Gasteiger partial charge in [-0.3, -0.25) is 18.7 Å². The van der Waals surface area contributed by atoms with E-state index in [1.807, 2.05) is 73.7 Å². The van der Waals surface area contributed by atoms with Gasteiger partial charge in [0, 0.05) is 101 Å². The molecule has 5 aromatic heterocycles. The Morgan fingerprint density at radius 2 is 0.707 bits per heavy atom. The van der Waals surface area contributed by atoms with Gasteiger partial charge in [-0.25, -0.2) is 48.6 Å². The Hall–Kier alpha value is -15.9. The molecule has 6 aliphatic rings. The highest BCUT2D eigenvalue weighted by molar-refractivity contribution is 5.86. The van der Waals surface area contributed by atoms with Crippen molar-refractivity contribution in [3.63, 3.8) is 0 Å². The first kappa shape index (κ1) is 103. The Kier molecular flexibility index (Phi) is 32.4. The largest absolute Gasteiger partial charge is 0.494 e. The minimum absolute atomic E-state index is 0.00113. The van der Waals surface area contributed by atoms with Crippen LogP contribution in [0.1, 0.15) is 109 Å². The fraction of sp³-hybridized carbons (Fsp3) is 0.292. The lowest BCUT2D eigenvalue weighted by Gasteiger charge is -2.23. The number of aromatic nitrogens is 10. The van der Waals surface area contributed by atoms with Gasteiger partial charge in [0.15, 0.2) is 34.7 Å². The maximum Gasteiger partial charge on any atom is 0.220 e. The molecule has 750 valence electrons. The number of hydrogen-bond acceptors (Lipinski definition) is 18. The van der Waals surface area contributed by atoms with Crippen molar-refractivity contribution in [3.05, 3.63) is 310 Å². The summed E-state index contributed by atoms with van der Waals surface area (Å²) >= 11 is 0. The molecule has 1 aliphatic carbocycles. The van der Waals surface area contributed by atoms with Crippen molar-refractivity contribution in [2.45, 2.75) is 109 Å². The van der Waals surface area contributed by atoms with Gasteiger partial charge in [0.2, 0.25) is 5.95 Å². The van der Waals surface area contributed by atoms with E-state index in [1.165, 1.54) is 123 Å². The number of nitrogens with one attached hydrogen (secondary N) is 5. The van der Waals surface area contributed by atoms with E-state index in [1.54, 1.807) is 92.8 Å². The predicted octanol–water partition coefficient (Wildman–Crippen LogP) is 22.1. The van der Waals surface area contributed by atoms with Crippen LogP contribution in [0.4, 0.5) is 48.3 Å². The SMILES string of the molecule is COc1ccc(-c2cn(CC3CCNC3)nc2-c2ccc(C#N)c(F)c2)cc1F.COc1ccc(-c2nn(C3CC4CC3CN4)cc2-c2ccc(C#N)c(F)c2)cc1F.COc1ccc(-c2nn(C3CCNCC3)c(F)c2-c2ccc(C#N)c(F)c2)cc1F.Cc1ccc(-c2c(-c3ccc(C#N)c(F)c3)cnn2CC2CCNCC2)cc1F.Cc1ccc(-c2nn(CC3CCNCC3)cc2-c2ccc(C#N)c(F)c2)cc1F. The number of rotatable bonds is 21. The molecular weight excluding hydrogens is 1890 g/mol. The van der Waals surface area contributed by atoms with Crippen LogP contribution < -0.4 is 40.8 Å². The van der Waals surface area contributed by atoms with Gasteiger partial charge in [0.1, 0.15) is 93.8 Å². The fourth-order valence-corrected chi connectivity index (χ4v) is 19.7. The van der Waals surface area contributed by atoms with Crippen molar-refractivity contribution in [3.8, 4) is 160 Å². The zero-order chi connectivity index (χ0) is 103. The lowest BCUT2D eigenvalue weighted by Crippen LogP contribution is -2.31. The van der Waals surface area contributed by atoms with E-state index in [-0.39, 0.29) is 85.6 Å². The minimum Gasteiger partial charge on any atom is -0.494 e. The van der Waals surface area contributed by atoms with Crippen molar-refractivity contribution < 1.29 is 62.5 Å². The number of halogens is 11. The van der Waals surface area contributed by atoms with E-state index in [9.17, 15) is 43.9 Å². The maximum absolute atomic E-state index is 15.6. The lowest BCUT2D eigenvalue weighted by molar-refractivity contribution is 0.305. The number of benzene rings is 10. The molecule has 1 saturated carbocycles. The first-order valence-corrected chi connectivity index (χ1v) is 48.5. The minimum atomic E-state index is -0.754. The van der Waals surface area contributed by atoms with Crippen molar-refractivity contribution >= 4 is 0 Å². The van der Waals surface area contributed by atoms with Gasteiger partial charge < -0.3 is 40.8 Å². The fourth-order valence-electron chi connectivity index (χ4n) is 19.7. The van der Waals surface area contributed by atoms with Gasteiger partial charge in [-0.05, 0) is 308 Å². The Bertz CT molecular complexity index is 7520. The molecule has 23 nitrogen and oxygen atoms in total. The topological polar surface area (TPSA) is 296 Å². The van der Waals surface area contributed by atoms with E-state index in [0.29, 0.717) is 132 Å². The Balaban J connectivity index is 0.000000126. The van der Waals surface area contributed by atoms with Gasteiger partial charge in [-0.15, -0.1) is 0 Å². The Morgan fingerprint density at radius 3 is 1.14 bits per heavy atom. The standard InChI is InChI=1S/C23H20F2N4O.2C23H22F2N4.C22H19F3N4O.C22H20F2N4O/c1-30-22-5-4-14(8-20(22)25)23-18(13-2-3-15(10-26)19(24)7-13)12-29(28-23)21-9-17-6-16(21)11-27-17;1-15-2-3-18(11-21(15)24)23-20(17-4-5-19(12-26)22(25)10-17)13-28-29(23)14-16-6-8-27-9-7-16;1-15-2-3-18(11-21(15)24)23-20(17-4-5-19(12-26)22(25)10-17)14-29(28-23)13-16-6-8-27-9-7-16;1-30-19-5-4-14(11-18(19)24)21-20(13-2-3-15(12-26)17(23)10-13)22(25)29(28-21)16-6-8-27-9-7-16;1-29-21-5-4-15(8-20(21)24)18-13-28(12-14-6-7-26-11-14)27-22(18)16-2-3-17(10-25)19(23)9-16/h2-5,7-8,12,16-17,21,27H,6,9,11H2,1H3;2-5,10-11,13,16,27H,6-9,14H2,1H3;2-5,10-11,14,16,27H,6-9,13H2,1H3;2-5,10-11,16,27H,6-9H2,1H3;2-5,8-9,13-14,26H,6-7,11-12H2,1H3. The van der Waals surface area contributed by atoms with Crippen LogP contribution in [0.3, 0.4) is 0 Å². The normalized spacial score (nSPS) is 16.5. The van der Waals surface area contributed by atoms with E-state index in [2.05, 4.69) is 41.9 Å². The van der Waals surface area contributed by atoms with Crippen LogP contribution in [-0.4, -0.2) is 135 Å². The summed E-state index contributed by atoms with van der Waals surface area (Å²) in [6, 6.07) is 55.3. The Morgan fingerprint density at radius 1 is 0.347 bits per heavy atom. The number of piperidine rings is 4. The summed E-state index contributed by atoms with van der Waals surface area (Å²) in [5.74, 6) is -3.52. The van der Waals surface area contributed by atoms with Gasteiger partial charge in [-0.2, -0.15) is 56.2 Å². The van der Waals surface area contributed by atoms with Crippen molar-refractivity contribution in [2.24, 2.45) is 23.7 Å². The number of aryl methyl sites for hydroxylation is 2. The average Bonchev–Trinajstić information content (AvgIpc) is 1.19. The summed E-state index contributed by atoms with van der Waals surface area (Å²) in [5.41, 5.74) is 12.1. The zero-order valence-electron chi connectivity index (χ0n) is 81.1. The number of ether oxygens (including phenoxy) is 3. The molecule has 4 atom stereocenters. The molecule has 6 fully saturated rings. The highest BCUT2D eigenvalue weighted by Crippen LogP contribution is 2.46. The average molecular weight is 2000 g/mol. The molecular formula is C113H103F11N20O3. The molecule has 5 aliphatic heterocycles. The second kappa shape index (κ2) is 46.5. The number of hydrogen-bond donors (Lipinski definition) is 5. The molecule has 0 amide bonds. The summed E-state index contributed by atoms with van der Waals surface area (Å²) in [5, 5.41) is 85.0. The third-order valence-electron chi connectivity index (χ3n) is 27.8. The van der Waals surface area contributed by atoms with Gasteiger partial charge >= 0.3 is 0 Å². The summed E-state index contributed by atoms with van der Waals surface area (Å²) in [4.78, 5) is 0. The van der Waals surface area contributed by atoms with E-state index < -0.39 is 52.5 Å². The van der Waals surface area contributed by atoms with Crippen LogP contribution in [0.25, 0.3) is 112 Å². The smallest absolute Gasteiger partial charge is 0.220 e. The molecule has 21 rings (SSSR count). The number of nitriles is 5. The lowest BCUT2D eigenvalue weighted by atomic mass is 9.96. The van der Waals surface area contributed by atoms with E-state index in [4.69, 9.17) is 50.7 Å². The molecule has 15 aromatic rings. The summed E-state index contributed by atoms with van der Waals surface area (Å²) in [6.07, 6.45) is 16.2. The van der Waals surface area contributed by atoms with Crippen LogP contribution in [0.2, 0.25) is 0 Å². The maximum atomic E-state index is 15.6. The molecule has 0 spiro atoms. The molecule has 5 saturated heterocycles. The van der Waals surface area contributed by atoms with Crippen molar-refractivity contribution in [2.75, 3.05) is 80.2 Å². The second-order valence-electron chi connectivity index (χ2n) is 37.3. The molecule has 4 unspecified atom stereocenters. The summed E-state index contributed by atoms with van der Waals surface area (Å²) < 4.78 is 182. The first-order valence-electron chi connectivity index (χ1n) is 48.5. The van der Waals surface area contributed by atoms with Crippen LogP contribution >= 0.6 is 0 Å². The van der Waals surface area contributed by atoms with Crippen LogP contribution in [-0.2, 0) is 19.6 Å². The predicted molar refractivity (Wildman–Crippen MR) is 535 cm³/mol. The summed E-state index contributed by atoms with van der Waals surface area (Å²) in [6.45, 7) is 13.9. The van der Waals surface area contributed by atoms with Crippen LogP contribution in [0.5, 0.6) is 17.2 Å². The molecule has 34 heteroatoms. The first-order chi connectivity index (χ1) is 71.3. The van der Waals surface area contributed by atoms with Gasteiger partial charge in [-0.1, -0.05) is 60.7 Å². The second-order valence-corrected chi connectivity index (χ2v) is 37.3. The number of nitrogens with zero attached hydrogens (tertiary/aromatic N) is 15.